The van der Waals surface area contributed by atoms with Gasteiger partial charge in [-0.15, -0.1) is 12.3 Å². The number of hydrogen-bond acceptors (Lipinski definition) is 2. The maximum atomic E-state index is 5.29. The Morgan fingerprint density at radius 1 is 1.47 bits per heavy atom. The summed E-state index contributed by atoms with van der Waals surface area (Å²) >= 11 is 0. The van der Waals surface area contributed by atoms with Crippen LogP contribution in [0.3, 0.4) is 0 Å². The van der Waals surface area contributed by atoms with Crippen LogP contribution in [0.5, 0.6) is 5.75 Å². The third-order valence-electron chi connectivity index (χ3n) is 2.33. The van der Waals surface area contributed by atoms with Crippen LogP contribution in [-0.4, -0.2) is 13.7 Å². The van der Waals surface area contributed by atoms with Crippen molar-refractivity contribution in [3.05, 3.63) is 29.8 Å². The Morgan fingerprint density at radius 3 is 2.87 bits per heavy atom. The average molecular weight is 203 g/mol. The van der Waals surface area contributed by atoms with Gasteiger partial charge in [0.1, 0.15) is 5.75 Å². The molecule has 0 aliphatic heterocycles. The summed E-state index contributed by atoms with van der Waals surface area (Å²) in [6, 6.07) is 8.27. The van der Waals surface area contributed by atoms with Gasteiger partial charge in [-0.25, -0.2) is 0 Å². The minimum atomic E-state index is 0.259. The molecule has 1 N–H and O–H groups in total. The summed E-state index contributed by atoms with van der Waals surface area (Å²) in [4.78, 5) is 0. The molecule has 15 heavy (non-hydrogen) atoms. The molecule has 1 atom stereocenters. The van der Waals surface area contributed by atoms with Gasteiger partial charge in [-0.05, 0) is 13.0 Å². The molecular formula is C13H17NO. The molecule has 2 heteroatoms. The Hall–Kier alpha value is -1.46. The molecule has 0 aromatic heterocycles. The van der Waals surface area contributed by atoms with Crippen molar-refractivity contribution in [1.82, 2.24) is 5.32 Å². The average Bonchev–Trinajstić information content (AvgIpc) is 2.29. The zero-order chi connectivity index (χ0) is 11.1. The van der Waals surface area contributed by atoms with Crippen molar-refractivity contribution in [2.24, 2.45) is 0 Å². The first-order valence-electron chi connectivity index (χ1n) is 5.09. The summed E-state index contributed by atoms with van der Waals surface area (Å²) in [5, 5.41) is 3.35. The Balaban J connectivity index is 2.64. The van der Waals surface area contributed by atoms with Gasteiger partial charge in [0, 0.05) is 24.6 Å². The van der Waals surface area contributed by atoms with Crippen LogP contribution in [0.1, 0.15) is 24.9 Å². The van der Waals surface area contributed by atoms with Crippen LogP contribution < -0.4 is 10.1 Å². The van der Waals surface area contributed by atoms with Gasteiger partial charge in [-0.3, -0.25) is 0 Å². The van der Waals surface area contributed by atoms with Crippen molar-refractivity contribution in [2.75, 3.05) is 13.7 Å². The molecule has 1 aromatic rings. The smallest absolute Gasteiger partial charge is 0.123 e. The minimum absolute atomic E-state index is 0.259. The topological polar surface area (TPSA) is 21.3 Å². The minimum Gasteiger partial charge on any atom is -0.496 e. The van der Waals surface area contributed by atoms with Crippen molar-refractivity contribution in [3.63, 3.8) is 0 Å². The van der Waals surface area contributed by atoms with Crippen molar-refractivity contribution < 1.29 is 4.74 Å². The fourth-order valence-corrected chi connectivity index (χ4v) is 1.49. The number of para-hydroxylation sites is 1. The first kappa shape index (κ1) is 11.6. The Bertz CT molecular complexity index is 341. The van der Waals surface area contributed by atoms with Crippen molar-refractivity contribution in [1.29, 1.82) is 0 Å². The van der Waals surface area contributed by atoms with Gasteiger partial charge in [-0.1, -0.05) is 18.2 Å². The van der Waals surface area contributed by atoms with E-state index in [1.165, 1.54) is 0 Å². The normalized spacial score (nSPS) is 11.8. The summed E-state index contributed by atoms with van der Waals surface area (Å²) in [6.07, 6.45) is 5.94. The molecule has 0 radical (unpaired) electrons. The van der Waals surface area contributed by atoms with Crippen LogP contribution in [0.25, 0.3) is 0 Å². The molecule has 80 valence electrons. The molecule has 0 amide bonds. The summed E-state index contributed by atoms with van der Waals surface area (Å²) in [7, 11) is 1.69. The number of nitrogens with one attached hydrogen (secondary N) is 1. The molecule has 1 rings (SSSR count). The van der Waals surface area contributed by atoms with Crippen molar-refractivity contribution >= 4 is 0 Å². The predicted octanol–water partition coefficient (Wildman–Crippen LogP) is 2.37. The number of terminal acetylenes is 1. The number of benzene rings is 1. The van der Waals surface area contributed by atoms with Gasteiger partial charge in [0.2, 0.25) is 0 Å². The number of ether oxygens (including phenoxy) is 1. The Morgan fingerprint density at radius 2 is 2.20 bits per heavy atom. The third kappa shape index (κ3) is 3.30. The quantitative estimate of drug-likeness (QED) is 0.586. The van der Waals surface area contributed by atoms with Gasteiger partial charge in [0.15, 0.2) is 0 Å². The molecule has 1 aromatic carbocycles. The molecule has 0 fully saturated rings. The highest BCUT2D eigenvalue weighted by atomic mass is 16.5. The molecule has 2 nitrogen and oxygen atoms in total. The molecule has 1 unspecified atom stereocenters. The largest absolute Gasteiger partial charge is 0.496 e. The van der Waals surface area contributed by atoms with Crippen LogP contribution in [0, 0.1) is 12.3 Å². The van der Waals surface area contributed by atoms with Crippen LogP contribution in [-0.2, 0) is 0 Å². The number of hydrogen-bond donors (Lipinski definition) is 1. The highest BCUT2D eigenvalue weighted by molar-refractivity contribution is 5.35. The molecule has 0 spiro atoms. The lowest BCUT2D eigenvalue weighted by molar-refractivity contribution is 0.402. The van der Waals surface area contributed by atoms with E-state index in [4.69, 9.17) is 11.2 Å². The lowest BCUT2D eigenvalue weighted by atomic mass is 10.1. The van der Waals surface area contributed by atoms with Crippen LogP contribution in [0.15, 0.2) is 24.3 Å². The SMILES string of the molecule is C#CCCNC(C)c1ccccc1OC. The summed E-state index contributed by atoms with van der Waals surface area (Å²) in [6.45, 7) is 2.93. The molecule has 0 saturated carbocycles. The molecular weight excluding hydrogens is 186 g/mol. The molecule has 0 aliphatic carbocycles. The maximum absolute atomic E-state index is 5.29. The van der Waals surface area contributed by atoms with E-state index in [1.54, 1.807) is 7.11 Å². The van der Waals surface area contributed by atoms with Gasteiger partial charge in [0.25, 0.3) is 0 Å². The van der Waals surface area contributed by atoms with E-state index in [0.29, 0.717) is 0 Å². The summed E-state index contributed by atoms with van der Waals surface area (Å²) in [5.74, 6) is 3.52. The Labute approximate surface area is 91.6 Å². The molecule has 0 saturated heterocycles. The van der Waals surface area contributed by atoms with Gasteiger partial charge < -0.3 is 10.1 Å². The predicted molar refractivity (Wildman–Crippen MR) is 62.9 cm³/mol. The van der Waals surface area contributed by atoms with Gasteiger partial charge in [-0.2, -0.15) is 0 Å². The van der Waals surface area contributed by atoms with E-state index < -0.39 is 0 Å². The van der Waals surface area contributed by atoms with Crippen LogP contribution in [0.2, 0.25) is 0 Å². The van der Waals surface area contributed by atoms with Gasteiger partial charge in [0.05, 0.1) is 7.11 Å². The van der Waals surface area contributed by atoms with Crippen molar-refractivity contribution in [3.8, 4) is 18.1 Å². The maximum Gasteiger partial charge on any atom is 0.123 e. The second kappa shape index (κ2) is 6.10. The fourth-order valence-electron chi connectivity index (χ4n) is 1.49. The fraction of sp³-hybridized carbons (Fsp3) is 0.385. The highest BCUT2D eigenvalue weighted by Gasteiger charge is 2.08. The molecule has 0 aliphatic rings. The lowest BCUT2D eigenvalue weighted by Gasteiger charge is -2.16. The van der Waals surface area contributed by atoms with Crippen LogP contribution in [0.4, 0.5) is 0 Å². The Kier molecular flexibility index (Phi) is 4.73. The van der Waals surface area contributed by atoms with E-state index >= 15 is 0 Å². The number of methoxy groups -OCH3 is 1. The zero-order valence-electron chi connectivity index (χ0n) is 9.29. The molecule has 0 heterocycles. The first-order chi connectivity index (χ1) is 7.29. The van der Waals surface area contributed by atoms with Gasteiger partial charge >= 0.3 is 0 Å². The van der Waals surface area contributed by atoms with Crippen LogP contribution >= 0.6 is 0 Å². The zero-order valence-corrected chi connectivity index (χ0v) is 9.29. The van der Waals surface area contributed by atoms with E-state index in [-0.39, 0.29) is 6.04 Å². The number of rotatable bonds is 5. The second-order valence-electron chi connectivity index (χ2n) is 3.37. The van der Waals surface area contributed by atoms with Crippen molar-refractivity contribution in [2.45, 2.75) is 19.4 Å². The third-order valence-corrected chi connectivity index (χ3v) is 2.33. The first-order valence-corrected chi connectivity index (χ1v) is 5.09. The standard InChI is InChI=1S/C13H17NO/c1-4-5-10-14-11(2)12-8-6-7-9-13(12)15-3/h1,6-9,11,14H,5,10H2,2-3H3. The molecule has 0 bridgehead atoms. The summed E-state index contributed by atoms with van der Waals surface area (Å²) in [5.41, 5.74) is 1.16. The highest BCUT2D eigenvalue weighted by Crippen LogP contribution is 2.23. The lowest BCUT2D eigenvalue weighted by Crippen LogP contribution is -2.20. The summed E-state index contributed by atoms with van der Waals surface area (Å²) < 4.78 is 5.29. The van der Waals surface area contributed by atoms with E-state index in [9.17, 15) is 0 Å². The van der Waals surface area contributed by atoms with E-state index in [1.807, 2.05) is 18.2 Å². The van der Waals surface area contributed by atoms with E-state index in [0.717, 1.165) is 24.3 Å². The van der Waals surface area contributed by atoms with E-state index in [2.05, 4.69) is 24.2 Å². The second-order valence-corrected chi connectivity index (χ2v) is 3.37. The monoisotopic (exact) mass is 203 g/mol.